The fraction of sp³-hybridized carbons (Fsp3) is 0.250. The predicted octanol–water partition coefficient (Wildman–Crippen LogP) is 2.05. The van der Waals surface area contributed by atoms with Crippen LogP contribution in [0.4, 0.5) is 5.69 Å². The molecule has 80 valence electrons. The molecule has 0 saturated heterocycles. The normalized spacial score (nSPS) is 12.6. The number of nitrogen functional groups attached to an aromatic ring is 1. The quantitative estimate of drug-likeness (QED) is 0.583. The maximum Gasteiger partial charge on any atom is 0.0443 e. The van der Waals surface area contributed by atoms with E-state index in [0.29, 0.717) is 0 Å². The van der Waals surface area contributed by atoms with Gasteiger partial charge in [-0.25, -0.2) is 0 Å². The minimum absolute atomic E-state index is 0.272. The number of nitrogens with two attached hydrogens (primary N) is 2. The number of hydrogen-bond donors (Lipinski definition) is 2. The Kier molecular flexibility index (Phi) is 3.92. The number of rotatable bonds is 3. The van der Waals surface area contributed by atoms with E-state index in [1.807, 2.05) is 38.1 Å². The molecule has 0 heterocycles. The Morgan fingerprint density at radius 3 is 2.33 bits per heavy atom. The number of anilines is 1. The Bertz CT molecular complexity index is 361. The molecule has 0 amide bonds. The zero-order valence-electron chi connectivity index (χ0n) is 9.14. The van der Waals surface area contributed by atoms with Crippen molar-refractivity contribution in [3.05, 3.63) is 36.0 Å². The second kappa shape index (κ2) is 5.20. The Balaban J connectivity index is 2.89. The van der Waals surface area contributed by atoms with E-state index in [-0.39, 0.29) is 6.04 Å². The molecule has 0 aliphatic carbocycles. The van der Waals surface area contributed by atoms with E-state index in [9.17, 15) is 0 Å². The van der Waals surface area contributed by atoms with Crippen molar-refractivity contribution in [3.8, 4) is 0 Å². The van der Waals surface area contributed by atoms with Gasteiger partial charge >= 0.3 is 0 Å². The average Bonchev–Trinajstić information content (AvgIpc) is 2.21. The molecule has 4 N–H and O–H groups in total. The summed E-state index contributed by atoms with van der Waals surface area (Å²) in [4.78, 5) is 4.29. The minimum atomic E-state index is 0.272. The standard InChI is InChI=1S/C12H17N3/c1-9(2)15-8-11(7-13)10-3-5-12(14)6-4-10/h3-9H,13-14H2,1-2H3/b11-7+,15-8?. The van der Waals surface area contributed by atoms with Gasteiger partial charge in [-0.3, -0.25) is 4.99 Å². The van der Waals surface area contributed by atoms with Crippen molar-refractivity contribution in [1.82, 2.24) is 0 Å². The van der Waals surface area contributed by atoms with Crippen molar-refractivity contribution in [3.63, 3.8) is 0 Å². The molecular weight excluding hydrogens is 186 g/mol. The molecule has 15 heavy (non-hydrogen) atoms. The van der Waals surface area contributed by atoms with Crippen LogP contribution in [0.3, 0.4) is 0 Å². The highest BCUT2D eigenvalue weighted by atomic mass is 14.7. The van der Waals surface area contributed by atoms with Crippen LogP contribution in [-0.2, 0) is 0 Å². The molecule has 0 unspecified atom stereocenters. The van der Waals surface area contributed by atoms with Crippen LogP contribution in [0.25, 0.3) is 5.57 Å². The smallest absolute Gasteiger partial charge is 0.0443 e. The molecule has 0 radical (unpaired) electrons. The molecular formula is C12H17N3. The first-order chi connectivity index (χ1) is 7.13. The number of allylic oxidation sites excluding steroid dienone is 1. The van der Waals surface area contributed by atoms with Gasteiger partial charge in [0.2, 0.25) is 0 Å². The Morgan fingerprint density at radius 1 is 1.27 bits per heavy atom. The van der Waals surface area contributed by atoms with Crippen LogP contribution in [0.5, 0.6) is 0 Å². The molecule has 0 aliphatic rings. The monoisotopic (exact) mass is 203 g/mol. The second-order valence-electron chi connectivity index (χ2n) is 3.62. The predicted molar refractivity (Wildman–Crippen MR) is 66.6 cm³/mol. The van der Waals surface area contributed by atoms with Gasteiger partial charge in [0, 0.05) is 29.7 Å². The molecule has 3 nitrogen and oxygen atoms in total. The van der Waals surface area contributed by atoms with E-state index in [1.54, 1.807) is 12.4 Å². The van der Waals surface area contributed by atoms with Crippen molar-refractivity contribution >= 4 is 17.5 Å². The summed E-state index contributed by atoms with van der Waals surface area (Å²) in [5, 5.41) is 0. The van der Waals surface area contributed by atoms with E-state index in [4.69, 9.17) is 11.5 Å². The van der Waals surface area contributed by atoms with Gasteiger partial charge in [-0.15, -0.1) is 0 Å². The molecule has 1 aromatic carbocycles. The lowest BCUT2D eigenvalue weighted by molar-refractivity contribution is 0.842. The summed E-state index contributed by atoms with van der Waals surface area (Å²) in [5.74, 6) is 0. The first kappa shape index (κ1) is 11.3. The van der Waals surface area contributed by atoms with Crippen molar-refractivity contribution in [2.75, 3.05) is 5.73 Å². The highest BCUT2D eigenvalue weighted by Crippen LogP contribution is 2.13. The number of nitrogens with zero attached hydrogens (tertiary/aromatic N) is 1. The fourth-order valence-corrected chi connectivity index (χ4v) is 1.12. The maximum absolute atomic E-state index is 5.61. The van der Waals surface area contributed by atoms with Crippen LogP contribution >= 0.6 is 0 Å². The number of aliphatic imine (C=N–C) groups is 1. The minimum Gasteiger partial charge on any atom is -0.404 e. The summed E-state index contributed by atoms with van der Waals surface area (Å²) in [6, 6.07) is 7.83. The van der Waals surface area contributed by atoms with E-state index in [1.165, 1.54) is 0 Å². The van der Waals surface area contributed by atoms with Gasteiger partial charge in [-0.2, -0.15) is 0 Å². The lowest BCUT2D eigenvalue weighted by Gasteiger charge is -2.02. The van der Waals surface area contributed by atoms with Crippen LogP contribution in [0.2, 0.25) is 0 Å². The molecule has 1 aromatic rings. The topological polar surface area (TPSA) is 64.4 Å². The van der Waals surface area contributed by atoms with Crippen molar-refractivity contribution in [2.45, 2.75) is 19.9 Å². The van der Waals surface area contributed by atoms with Crippen molar-refractivity contribution < 1.29 is 0 Å². The SMILES string of the molecule is CC(C)N=C/C(=C\N)c1ccc(N)cc1. The Morgan fingerprint density at radius 2 is 1.87 bits per heavy atom. The van der Waals surface area contributed by atoms with Crippen LogP contribution in [0.15, 0.2) is 35.5 Å². The van der Waals surface area contributed by atoms with Gasteiger partial charge in [-0.1, -0.05) is 12.1 Å². The van der Waals surface area contributed by atoms with E-state index in [2.05, 4.69) is 4.99 Å². The van der Waals surface area contributed by atoms with Crippen LogP contribution in [0.1, 0.15) is 19.4 Å². The summed E-state index contributed by atoms with van der Waals surface area (Å²) >= 11 is 0. The van der Waals surface area contributed by atoms with Crippen LogP contribution < -0.4 is 11.5 Å². The molecule has 0 aromatic heterocycles. The third-order valence-corrected chi connectivity index (χ3v) is 1.94. The van der Waals surface area contributed by atoms with Gasteiger partial charge in [0.1, 0.15) is 0 Å². The lowest BCUT2D eigenvalue weighted by atomic mass is 10.1. The Hall–Kier alpha value is -1.77. The fourth-order valence-electron chi connectivity index (χ4n) is 1.12. The van der Waals surface area contributed by atoms with Crippen LogP contribution in [-0.4, -0.2) is 12.3 Å². The van der Waals surface area contributed by atoms with Gasteiger partial charge in [0.15, 0.2) is 0 Å². The lowest BCUT2D eigenvalue weighted by Crippen LogP contribution is -1.95. The summed E-state index contributed by atoms with van der Waals surface area (Å²) in [5.41, 5.74) is 13.8. The van der Waals surface area contributed by atoms with E-state index in [0.717, 1.165) is 16.8 Å². The molecule has 3 heteroatoms. The van der Waals surface area contributed by atoms with Gasteiger partial charge in [-0.05, 0) is 31.5 Å². The van der Waals surface area contributed by atoms with Gasteiger partial charge in [0.25, 0.3) is 0 Å². The molecule has 0 spiro atoms. The van der Waals surface area contributed by atoms with Crippen LogP contribution in [0, 0.1) is 0 Å². The second-order valence-corrected chi connectivity index (χ2v) is 3.62. The third-order valence-electron chi connectivity index (χ3n) is 1.94. The highest BCUT2D eigenvalue weighted by Gasteiger charge is 1.97. The maximum atomic E-state index is 5.61. The highest BCUT2D eigenvalue weighted by molar-refractivity contribution is 6.09. The van der Waals surface area contributed by atoms with E-state index < -0.39 is 0 Å². The average molecular weight is 203 g/mol. The first-order valence-corrected chi connectivity index (χ1v) is 4.94. The van der Waals surface area contributed by atoms with E-state index >= 15 is 0 Å². The summed E-state index contributed by atoms with van der Waals surface area (Å²) in [6.07, 6.45) is 3.34. The molecule has 1 rings (SSSR count). The number of hydrogen-bond acceptors (Lipinski definition) is 3. The molecule has 0 fully saturated rings. The largest absolute Gasteiger partial charge is 0.404 e. The van der Waals surface area contributed by atoms with Crippen molar-refractivity contribution in [1.29, 1.82) is 0 Å². The van der Waals surface area contributed by atoms with Gasteiger partial charge in [0.05, 0.1) is 0 Å². The molecule has 0 aliphatic heterocycles. The number of benzene rings is 1. The molecule has 0 saturated carbocycles. The third kappa shape index (κ3) is 3.46. The zero-order valence-corrected chi connectivity index (χ0v) is 9.14. The molecule has 0 atom stereocenters. The molecule has 0 bridgehead atoms. The van der Waals surface area contributed by atoms with Gasteiger partial charge < -0.3 is 11.5 Å². The zero-order chi connectivity index (χ0) is 11.3. The summed E-state index contributed by atoms with van der Waals surface area (Å²) in [6.45, 7) is 4.04. The Labute approximate surface area is 90.5 Å². The summed E-state index contributed by atoms with van der Waals surface area (Å²) < 4.78 is 0. The summed E-state index contributed by atoms with van der Waals surface area (Å²) in [7, 11) is 0. The van der Waals surface area contributed by atoms with Crippen molar-refractivity contribution in [2.24, 2.45) is 10.7 Å². The first-order valence-electron chi connectivity index (χ1n) is 4.94.